The van der Waals surface area contributed by atoms with Gasteiger partial charge in [0.1, 0.15) is 17.2 Å². The number of para-hydroxylation sites is 2. The lowest BCUT2D eigenvalue weighted by molar-refractivity contribution is 0.479. The first-order chi connectivity index (χ1) is 29.3. The minimum Gasteiger partial charge on any atom is -0.551 e. The minimum absolute atomic E-state index is 0.305. The predicted molar refractivity (Wildman–Crippen MR) is 247 cm³/mol. The highest BCUT2D eigenvalue weighted by Gasteiger charge is 2.43. The van der Waals surface area contributed by atoms with E-state index in [1.807, 2.05) is 0 Å². The first-order valence-electron chi connectivity index (χ1n) is 20.3. The Balaban J connectivity index is 0.974. The fraction of sp³-hybridized carbons (Fsp3) is 0. The fourth-order valence-electron chi connectivity index (χ4n) is 9.85. The van der Waals surface area contributed by atoms with Gasteiger partial charge in [0.25, 0.3) is 0 Å². The van der Waals surface area contributed by atoms with Crippen LogP contribution in [0.4, 0.5) is 0 Å². The lowest BCUT2D eigenvalue weighted by atomic mass is 9.51. The lowest BCUT2D eigenvalue weighted by Crippen LogP contribution is -2.74. The molecule has 59 heavy (non-hydrogen) atoms. The Bertz CT molecular complexity index is 3090. The third-order valence-corrected chi connectivity index (χ3v) is 17.2. The molecule has 5 heteroatoms. The van der Waals surface area contributed by atoms with E-state index in [0.29, 0.717) is 0 Å². The van der Waals surface area contributed by atoms with E-state index in [9.17, 15) is 0 Å². The zero-order valence-corrected chi connectivity index (χ0v) is 33.1. The van der Waals surface area contributed by atoms with E-state index in [2.05, 4.69) is 223 Å². The standard InChI is InChI=1S/C54H36BNO2Si/c1-4-17-40(18-5-1)59(41-19-6-2-7-20-41,42-21-8-3-9-22-42)43-23-14-16-37(34-43)38-30-32-46-47-26-15-29-51-54(47)55(58-52(46)35-38)48-33-31-39(36-53(48)57-51)56-49-27-12-10-24-44(49)45-25-11-13-28-50(45)56/h1-36H. The predicted octanol–water partition coefficient (Wildman–Crippen LogP) is 9.10. The molecular formula is C54H36BNO2Si. The van der Waals surface area contributed by atoms with Crippen molar-refractivity contribution in [3.63, 3.8) is 0 Å². The minimum atomic E-state index is -2.70. The zero-order chi connectivity index (χ0) is 38.9. The van der Waals surface area contributed by atoms with Gasteiger partial charge in [-0.2, -0.15) is 0 Å². The van der Waals surface area contributed by atoms with E-state index in [0.717, 1.165) is 56.1 Å². The van der Waals surface area contributed by atoms with E-state index in [1.54, 1.807) is 0 Å². The Hall–Kier alpha value is -7.34. The molecule has 10 aromatic rings. The first kappa shape index (κ1) is 33.8. The largest absolute Gasteiger partial charge is 0.551 e. The number of hydrogen-bond donors (Lipinski definition) is 0. The van der Waals surface area contributed by atoms with Crippen LogP contribution in [0.2, 0.25) is 0 Å². The highest BCUT2D eigenvalue weighted by molar-refractivity contribution is 7.19. The summed E-state index contributed by atoms with van der Waals surface area (Å²) in [5.74, 6) is 2.53. The van der Waals surface area contributed by atoms with Gasteiger partial charge in [-0.3, -0.25) is 0 Å². The molecule has 0 spiro atoms. The molecule has 0 saturated carbocycles. The summed E-state index contributed by atoms with van der Waals surface area (Å²) >= 11 is 0. The van der Waals surface area contributed by atoms with Gasteiger partial charge in [-0.25, -0.2) is 0 Å². The maximum atomic E-state index is 7.13. The van der Waals surface area contributed by atoms with Gasteiger partial charge in [0.15, 0.2) is 8.07 Å². The van der Waals surface area contributed by atoms with Gasteiger partial charge in [-0.15, -0.1) is 0 Å². The van der Waals surface area contributed by atoms with Crippen LogP contribution in [0.5, 0.6) is 17.2 Å². The molecule has 0 unspecified atom stereocenters. The second kappa shape index (κ2) is 13.4. The average molecular weight is 770 g/mol. The molecule has 0 aliphatic carbocycles. The highest BCUT2D eigenvalue weighted by Crippen LogP contribution is 2.41. The number of nitrogens with zero attached hydrogens (tertiary/aromatic N) is 1. The zero-order valence-electron chi connectivity index (χ0n) is 32.1. The molecule has 2 aliphatic heterocycles. The molecule has 3 nitrogen and oxygen atoms in total. The smallest absolute Gasteiger partial charge is 0.434 e. The van der Waals surface area contributed by atoms with Gasteiger partial charge in [-0.05, 0) is 67.8 Å². The Morgan fingerprint density at radius 1 is 0.390 bits per heavy atom. The molecule has 276 valence electrons. The third-order valence-electron chi connectivity index (χ3n) is 12.4. The summed E-state index contributed by atoms with van der Waals surface area (Å²) < 4.78 is 16.2. The quantitative estimate of drug-likeness (QED) is 0.125. The Morgan fingerprint density at radius 3 is 1.63 bits per heavy atom. The molecule has 12 rings (SSSR count). The van der Waals surface area contributed by atoms with Gasteiger partial charge in [0, 0.05) is 39.0 Å². The van der Waals surface area contributed by atoms with Crippen molar-refractivity contribution < 1.29 is 9.39 Å². The van der Waals surface area contributed by atoms with Crippen LogP contribution in [0.3, 0.4) is 0 Å². The van der Waals surface area contributed by atoms with Gasteiger partial charge >= 0.3 is 6.92 Å². The van der Waals surface area contributed by atoms with Crippen molar-refractivity contribution in [2.24, 2.45) is 0 Å². The summed E-state index contributed by atoms with van der Waals surface area (Å²) in [5.41, 5.74) is 10.0. The molecule has 1 aromatic heterocycles. The van der Waals surface area contributed by atoms with E-state index >= 15 is 0 Å². The van der Waals surface area contributed by atoms with Crippen molar-refractivity contribution in [3.8, 4) is 45.2 Å². The molecule has 9 aromatic carbocycles. The van der Waals surface area contributed by atoms with Gasteiger partial charge in [0.2, 0.25) is 0 Å². The lowest BCUT2D eigenvalue weighted by Gasteiger charge is -2.35. The Labute approximate surface area is 344 Å². The molecule has 0 fully saturated rings. The molecule has 0 N–H and O–H groups in total. The summed E-state index contributed by atoms with van der Waals surface area (Å²) in [6.45, 7) is -0.305. The molecule has 0 atom stereocenters. The number of fused-ring (bicyclic) bond motifs is 7. The number of hydrogen-bond acceptors (Lipinski definition) is 2. The maximum Gasteiger partial charge on any atom is 0.434 e. The van der Waals surface area contributed by atoms with Crippen LogP contribution in [0.15, 0.2) is 218 Å². The second-order valence-electron chi connectivity index (χ2n) is 15.5. The molecule has 0 amide bonds. The van der Waals surface area contributed by atoms with Crippen molar-refractivity contribution in [1.82, 2.24) is 4.57 Å². The van der Waals surface area contributed by atoms with Gasteiger partial charge in [-0.1, -0.05) is 182 Å². The average Bonchev–Trinajstić information content (AvgIpc) is 3.65. The Kier molecular flexibility index (Phi) is 7.65. The SMILES string of the molecule is c1ccc([Si](c2ccccc2)(c2ccccc2)c2cccc(-c3ccc4c(c3)OB3c5ccc(-n6c7ccccc7c7ccccc76)cc5Oc5cccc-4c53)c2)cc1. The fourth-order valence-corrected chi connectivity index (χ4v) is 14.6. The topological polar surface area (TPSA) is 23.4 Å². The van der Waals surface area contributed by atoms with Crippen LogP contribution in [-0.2, 0) is 0 Å². The van der Waals surface area contributed by atoms with Crippen LogP contribution >= 0.6 is 0 Å². The first-order valence-corrected chi connectivity index (χ1v) is 22.3. The van der Waals surface area contributed by atoms with Crippen LogP contribution in [0.1, 0.15) is 0 Å². The van der Waals surface area contributed by atoms with Crippen molar-refractivity contribution >= 4 is 68.5 Å². The van der Waals surface area contributed by atoms with E-state index in [4.69, 9.17) is 9.39 Å². The summed E-state index contributed by atoms with van der Waals surface area (Å²) in [4.78, 5) is 0. The molecule has 3 heterocycles. The van der Waals surface area contributed by atoms with E-state index < -0.39 is 8.07 Å². The second-order valence-corrected chi connectivity index (χ2v) is 19.4. The molecule has 0 radical (unpaired) electrons. The molecule has 0 saturated heterocycles. The maximum absolute atomic E-state index is 7.13. The van der Waals surface area contributed by atoms with E-state index in [1.165, 1.54) is 42.6 Å². The van der Waals surface area contributed by atoms with Crippen LogP contribution in [0.25, 0.3) is 49.7 Å². The summed E-state index contributed by atoms with van der Waals surface area (Å²) in [6, 6.07) is 79.4. The molecule has 2 aliphatic rings. The van der Waals surface area contributed by atoms with Crippen molar-refractivity contribution in [2.75, 3.05) is 0 Å². The van der Waals surface area contributed by atoms with Gasteiger partial charge in [0.05, 0.1) is 11.0 Å². The van der Waals surface area contributed by atoms with Crippen LogP contribution in [0, 0.1) is 0 Å². The number of benzene rings is 9. The monoisotopic (exact) mass is 769 g/mol. The normalized spacial score (nSPS) is 12.6. The number of aromatic nitrogens is 1. The number of rotatable bonds is 6. The summed E-state index contributed by atoms with van der Waals surface area (Å²) in [7, 11) is -2.70. The highest BCUT2D eigenvalue weighted by atomic mass is 28.3. The van der Waals surface area contributed by atoms with Gasteiger partial charge < -0.3 is 14.0 Å². The van der Waals surface area contributed by atoms with Crippen molar-refractivity contribution in [2.45, 2.75) is 0 Å². The van der Waals surface area contributed by atoms with E-state index in [-0.39, 0.29) is 6.92 Å². The van der Waals surface area contributed by atoms with Crippen molar-refractivity contribution in [1.29, 1.82) is 0 Å². The Morgan fingerprint density at radius 2 is 0.966 bits per heavy atom. The number of ether oxygens (including phenoxy) is 1. The van der Waals surface area contributed by atoms with Crippen molar-refractivity contribution in [3.05, 3.63) is 218 Å². The molecular weight excluding hydrogens is 733 g/mol. The third kappa shape index (κ3) is 5.15. The summed E-state index contributed by atoms with van der Waals surface area (Å²) in [5, 5.41) is 7.88. The van der Waals surface area contributed by atoms with Crippen LogP contribution in [-0.4, -0.2) is 19.6 Å². The molecule has 0 bridgehead atoms. The van der Waals surface area contributed by atoms with Crippen LogP contribution < -0.4 is 41.1 Å². The summed E-state index contributed by atoms with van der Waals surface area (Å²) in [6.07, 6.45) is 0.